The molecule has 0 spiro atoms. The zero-order valence-corrected chi connectivity index (χ0v) is 12.2. The van der Waals surface area contributed by atoms with Gasteiger partial charge >= 0.3 is 0 Å². The smallest absolute Gasteiger partial charge is 0.222 e. The fraction of sp³-hybridized carbons (Fsp3) is 0.923. The number of amides is 1. The molecule has 3 atom stereocenters. The Morgan fingerprint density at radius 2 is 2.00 bits per heavy atom. The number of carbonyl (C=O) groups is 1. The second-order valence-electron chi connectivity index (χ2n) is 5.45. The van der Waals surface area contributed by atoms with E-state index in [9.17, 15) is 4.79 Å². The Morgan fingerprint density at radius 3 is 2.56 bits per heavy atom. The van der Waals surface area contributed by atoms with Crippen LogP contribution in [0.15, 0.2) is 0 Å². The molecule has 0 aromatic carbocycles. The molecule has 5 heteroatoms. The van der Waals surface area contributed by atoms with Crippen molar-refractivity contribution in [3.8, 4) is 0 Å². The molecule has 0 radical (unpaired) electrons. The van der Waals surface area contributed by atoms with E-state index in [1.165, 1.54) is 6.42 Å². The standard InChI is InChI=1S/C13H24N2O2.ClH/c1-10-8-15(9-11(2)17-10)13(16)4-3-12-5-6-14-7-12;/h10-12,14H,3-9H2,1-2H3;1H. The minimum absolute atomic E-state index is 0. The quantitative estimate of drug-likeness (QED) is 0.848. The van der Waals surface area contributed by atoms with Crippen LogP contribution in [0.1, 0.15) is 33.1 Å². The van der Waals surface area contributed by atoms with E-state index < -0.39 is 0 Å². The first-order valence-corrected chi connectivity index (χ1v) is 6.79. The summed E-state index contributed by atoms with van der Waals surface area (Å²) in [6.45, 7) is 7.79. The summed E-state index contributed by atoms with van der Waals surface area (Å²) in [4.78, 5) is 14.1. The van der Waals surface area contributed by atoms with E-state index >= 15 is 0 Å². The molecule has 2 saturated heterocycles. The largest absolute Gasteiger partial charge is 0.372 e. The van der Waals surface area contributed by atoms with Gasteiger partial charge in [-0.05, 0) is 45.7 Å². The van der Waals surface area contributed by atoms with Crippen molar-refractivity contribution in [3.63, 3.8) is 0 Å². The number of rotatable bonds is 3. The summed E-state index contributed by atoms with van der Waals surface area (Å²) < 4.78 is 5.64. The summed E-state index contributed by atoms with van der Waals surface area (Å²) in [7, 11) is 0. The molecule has 3 unspecified atom stereocenters. The second kappa shape index (κ2) is 7.31. The summed E-state index contributed by atoms with van der Waals surface area (Å²) in [5.41, 5.74) is 0. The lowest BCUT2D eigenvalue weighted by atomic mass is 10.0. The Bertz CT molecular complexity index is 260. The molecule has 1 amide bonds. The molecule has 2 heterocycles. The van der Waals surface area contributed by atoms with Crippen LogP contribution in [-0.2, 0) is 9.53 Å². The van der Waals surface area contributed by atoms with E-state index in [2.05, 4.69) is 5.32 Å². The average Bonchev–Trinajstić information content (AvgIpc) is 2.77. The fourth-order valence-electron chi connectivity index (χ4n) is 2.83. The van der Waals surface area contributed by atoms with E-state index in [-0.39, 0.29) is 24.6 Å². The van der Waals surface area contributed by atoms with Crippen molar-refractivity contribution in [2.24, 2.45) is 5.92 Å². The molecular weight excluding hydrogens is 252 g/mol. The van der Waals surface area contributed by atoms with Gasteiger partial charge in [0.05, 0.1) is 12.2 Å². The summed E-state index contributed by atoms with van der Waals surface area (Å²) in [6.07, 6.45) is 3.31. The Kier molecular flexibility index (Phi) is 6.39. The topological polar surface area (TPSA) is 41.6 Å². The van der Waals surface area contributed by atoms with Crippen molar-refractivity contribution < 1.29 is 9.53 Å². The molecule has 0 saturated carbocycles. The molecule has 2 aliphatic rings. The van der Waals surface area contributed by atoms with Crippen LogP contribution in [0.3, 0.4) is 0 Å². The molecule has 2 rings (SSSR count). The van der Waals surface area contributed by atoms with Gasteiger partial charge in [0.15, 0.2) is 0 Å². The van der Waals surface area contributed by atoms with Crippen LogP contribution in [0.5, 0.6) is 0 Å². The van der Waals surface area contributed by atoms with Crippen molar-refractivity contribution in [2.45, 2.75) is 45.3 Å². The first-order chi connectivity index (χ1) is 8.15. The van der Waals surface area contributed by atoms with Crippen LogP contribution in [0.2, 0.25) is 0 Å². The Morgan fingerprint density at radius 1 is 1.33 bits per heavy atom. The van der Waals surface area contributed by atoms with Gasteiger partial charge in [0.2, 0.25) is 5.91 Å². The van der Waals surface area contributed by atoms with Crippen molar-refractivity contribution in [1.82, 2.24) is 10.2 Å². The number of nitrogens with zero attached hydrogens (tertiary/aromatic N) is 1. The number of hydrogen-bond acceptors (Lipinski definition) is 3. The monoisotopic (exact) mass is 276 g/mol. The van der Waals surface area contributed by atoms with Crippen LogP contribution in [-0.4, -0.2) is 49.2 Å². The second-order valence-corrected chi connectivity index (χ2v) is 5.45. The van der Waals surface area contributed by atoms with Gasteiger partial charge in [0.1, 0.15) is 0 Å². The molecule has 106 valence electrons. The fourth-order valence-corrected chi connectivity index (χ4v) is 2.83. The lowest BCUT2D eigenvalue weighted by Gasteiger charge is -2.35. The highest BCUT2D eigenvalue weighted by molar-refractivity contribution is 5.85. The van der Waals surface area contributed by atoms with Crippen molar-refractivity contribution >= 4 is 18.3 Å². The molecule has 2 fully saturated rings. The van der Waals surface area contributed by atoms with Crippen LogP contribution in [0.4, 0.5) is 0 Å². The maximum atomic E-state index is 12.1. The number of hydrogen-bond donors (Lipinski definition) is 1. The van der Waals surface area contributed by atoms with Gasteiger partial charge in [0.25, 0.3) is 0 Å². The van der Waals surface area contributed by atoms with Crippen molar-refractivity contribution in [1.29, 1.82) is 0 Å². The average molecular weight is 277 g/mol. The van der Waals surface area contributed by atoms with Crippen molar-refractivity contribution in [2.75, 3.05) is 26.2 Å². The lowest BCUT2D eigenvalue weighted by molar-refractivity contribution is -0.143. The molecule has 0 aliphatic carbocycles. The molecule has 1 N–H and O–H groups in total. The van der Waals surface area contributed by atoms with Gasteiger partial charge in [0, 0.05) is 19.5 Å². The van der Waals surface area contributed by atoms with Crippen LogP contribution in [0, 0.1) is 5.92 Å². The van der Waals surface area contributed by atoms with E-state index in [4.69, 9.17) is 4.74 Å². The Balaban J connectivity index is 0.00000162. The van der Waals surface area contributed by atoms with E-state index in [0.717, 1.165) is 32.6 Å². The highest BCUT2D eigenvalue weighted by Crippen LogP contribution is 2.17. The summed E-state index contributed by atoms with van der Waals surface area (Å²) in [6, 6.07) is 0. The summed E-state index contributed by atoms with van der Waals surface area (Å²) in [5.74, 6) is 1.01. The predicted octanol–water partition coefficient (Wildman–Crippen LogP) is 1.43. The van der Waals surface area contributed by atoms with Gasteiger partial charge in [-0.2, -0.15) is 0 Å². The Labute approximate surface area is 116 Å². The molecular formula is C13H25ClN2O2. The maximum absolute atomic E-state index is 12.1. The zero-order chi connectivity index (χ0) is 12.3. The van der Waals surface area contributed by atoms with Gasteiger partial charge in [-0.15, -0.1) is 12.4 Å². The Hall–Kier alpha value is -0.320. The first kappa shape index (κ1) is 15.7. The molecule has 0 aromatic heterocycles. The molecule has 2 aliphatic heterocycles. The van der Waals surface area contributed by atoms with E-state index in [0.29, 0.717) is 18.2 Å². The van der Waals surface area contributed by atoms with Crippen molar-refractivity contribution in [3.05, 3.63) is 0 Å². The van der Waals surface area contributed by atoms with Gasteiger partial charge in [-0.25, -0.2) is 0 Å². The number of morpholine rings is 1. The summed E-state index contributed by atoms with van der Waals surface area (Å²) >= 11 is 0. The molecule has 18 heavy (non-hydrogen) atoms. The van der Waals surface area contributed by atoms with Crippen LogP contribution >= 0.6 is 12.4 Å². The first-order valence-electron chi connectivity index (χ1n) is 6.79. The number of ether oxygens (including phenoxy) is 1. The minimum Gasteiger partial charge on any atom is -0.372 e. The lowest BCUT2D eigenvalue weighted by Crippen LogP contribution is -2.48. The SMILES string of the molecule is CC1CN(C(=O)CCC2CCNC2)CC(C)O1.Cl. The molecule has 0 bridgehead atoms. The third-order valence-corrected chi connectivity index (χ3v) is 3.70. The third kappa shape index (κ3) is 4.41. The highest BCUT2D eigenvalue weighted by Gasteiger charge is 2.26. The molecule has 0 aromatic rings. The summed E-state index contributed by atoms with van der Waals surface area (Å²) in [5, 5.41) is 3.34. The van der Waals surface area contributed by atoms with Gasteiger partial charge in [-0.1, -0.05) is 0 Å². The van der Waals surface area contributed by atoms with Gasteiger partial charge < -0.3 is 15.0 Å². The number of halogens is 1. The normalized spacial score (nSPS) is 32.1. The minimum atomic E-state index is 0. The van der Waals surface area contributed by atoms with E-state index in [1.807, 2.05) is 18.7 Å². The van der Waals surface area contributed by atoms with Gasteiger partial charge in [-0.3, -0.25) is 4.79 Å². The highest BCUT2D eigenvalue weighted by atomic mass is 35.5. The number of carbonyl (C=O) groups excluding carboxylic acids is 1. The van der Waals surface area contributed by atoms with E-state index in [1.54, 1.807) is 0 Å². The predicted molar refractivity (Wildman–Crippen MR) is 74.0 cm³/mol. The van der Waals surface area contributed by atoms with Crippen LogP contribution < -0.4 is 5.32 Å². The molecule has 4 nitrogen and oxygen atoms in total. The zero-order valence-electron chi connectivity index (χ0n) is 11.4. The number of nitrogens with one attached hydrogen (secondary N) is 1. The van der Waals surface area contributed by atoms with Crippen LogP contribution in [0.25, 0.3) is 0 Å². The maximum Gasteiger partial charge on any atom is 0.222 e. The third-order valence-electron chi connectivity index (χ3n) is 3.70.